The van der Waals surface area contributed by atoms with Crippen molar-refractivity contribution in [2.24, 2.45) is 5.73 Å². The molecule has 0 aliphatic carbocycles. The fraction of sp³-hybridized carbons (Fsp3) is 0.167. The zero-order valence-corrected chi connectivity index (χ0v) is 9.00. The van der Waals surface area contributed by atoms with Crippen molar-refractivity contribution >= 4 is 0 Å². The normalized spacial score (nSPS) is 12.1. The largest absolute Gasteiger partial charge is 0.497 e. The van der Waals surface area contributed by atoms with Crippen molar-refractivity contribution in [1.29, 1.82) is 0 Å². The minimum Gasteiger partial charge on any atom is -0.497 e. The second kappa shape index (κ2) is 4.72. The summed E-state index contributed by atoms with van der Waals surface area (Å²) in [6.45, 7) is 0. The van der Waals surface area contributed by atoms with E-state index in [2.05, 4.69) is 9.97 Å². The Kier molecular flexibility index (Phi) is 3.12. The lowest BCUT2D eigenvalue weighted by molar-refractivity contribution is 0.414. The van der Waals surface area contributed by atoms with E-state index in [0.29, 0.717) is 5.82 Å². The van der Waals surface area contributed by atoms with E-state index < -0.39 is 0 Å². The minimum atomic E-state index is -0.323. The summed E-state index contributed by atoms with van der Waals surface area (Å²) in [5.41, 5.74) is 7.00. The van der Waals surface area contributed by atoms with Crippen LogP contribution in [0.4, 0.5) is 0 Å². The molecule has 2 N–H and O–H groups in total. The Balaban J connectivity index is 2.30. The molecule has 0 unspecified atom stereocenters. The van der Waals surface area contributed by atoms with Crippen LogP contribution in [0.5, 0.6) is 5.75 Å². The molecule has 2 rings (SSSR count). The third-order valence-corrected chi connectivity index (χ3v) is 2.32. The quantitative estimate of drug-likeness (QED) is 0.843. The number of methoxy groups -OCH3 is 1. The van der Waals surface area contributed by atoms with Crippen LogP contribution in [0.3, 0.4) is 0 Å². The number of nitrogens with two attached hydrogens (primary N) is 1. The van der Waals surface area contributed by atoms with Crippen LogP contribution in [0.1, 0.15) is 17.4 Å². The molecular formula is C12H13N3O. The minimum absolute atomic E-state index is 0.323. The molecule has 1 atom stereocenters. The molecule has 0 aliphatic heterocycles. The molecule has 0 radical (unpaired) electrons. The van der Waals surface area contributed by atoms with Crippen LogP contribution < -0.4 is 10.5 Å². The molecule has 4 heteroatoms. The fourth-order valence-electron chi connectivity index (χ4n) is 1.46. The van der Waals surface area contributed by atoms with Gasteiger partial charge in [-0.15, -0.1) is 0 Å². The zero-order valence-electron chi connectivity index (χ0n) is 9.00. The van der Waals surface area contributed by atoms with E-state index >= 15 is 0 Å². The molecule has 0 aliphatic rings. The highest BCUT2D eigenvalue weighted by Gasteiger charge is 2.11. The highest BCUT2D eigenvalue weighted by atomic mass is 16.5. The molecule has 0 fully saturated rings. The zero-order chi connectivity index (χ0) is 11.4. The second-order valence-electron chi connectivity index (χ2n) is 3.36. The highest BCUT2D eigenvalue weighted by Crippen LogP contribution is 2.20. The first kappa shape index (κ1) is 10.6. The van der Waals surface area contributed by atoms with E-state index in [1.807, 2.05) is 24.3 Å². The summed E-state index contributed by atoms with van der Waals surface area (Å²) < 4.78 is 5.14. The molecule has 0 bridgehead atoms. The Morgan fingerprint density at radius 1 is 1.19 bits per heavy atom. The molecule has 82 valence electrons. The molecule has 1 heterocycles. The van der Waals surface area contributed by atoms with Crippen molar-refractivity contribution in [3.8, 4) is 5.75 Å². The van der Waals surface area contributed by atoms with Crippen molar-refractivity contribution in [2.45, 2.75) is 6.04 Å². The van der Waals surface area contributed by atoms with Gasteiger partial charge < -0.3 is 10.5 Å². The summed E-state index contributed by atoms with van der Waals surface area (Å²) in [4.78, 5) is 8.27. The van der Waals surface area contributed by atoms with Gasteiger partial charge in [0.2, 0.25) is 0 Å². The predicted molar refractivity (Wildman–Crippen MR) is 61.1 cm³/mol. The second-order valence-corrected chi connectivity index (χ2v) is 3.36. The van der Waals surface area contributed by atoms with Crippen LogP contribution >= 0.6 is 0 Å². The van der Waals surface area contributed by atoms with Crippen molar-refractivity contribution in [3.63, 3.8) is 0 Å². The Hall–Kier alpha value is -1.94. The van der Waals surface area contributed by atoms with Crippen LogP contribution in [0.25, 0.3) is 0 Å². The van der Waals surface area contributed by atoms with Crippen LogP contribution in [0.15, 0.2) is 42.7 Å². The third-order valence-electron chi connectivity index (χ3n) is 2.32. The van der Waals surface area contributed by atoms with E-state index in [4.69, 9.17) is 10.5 Å². The number of aromatic nitrogens is 2. The molecule has 0 saturated heterocycles. The lowest BCUT2D eigenvalue weighted by Gasteiger charge is -2.11. The van der Waals surface area contributed by atoms with Gasteiger partial charge in [-0.25, -0.2) is 9.97 Å². The highest BCUT2D eigenvalue weighted by molar-refractivity contribution is 5.32. The predicted octanol–water partition coefficient (Wildman–Crippen LogP) is 1.53. The Morgan fingerprint density at radius 2 is 1.94 bits per heavy atom. The molecule has 1 aromatic carbocycles. The molecule has 2 aromatic rings. The average molecular weight is 215 g/mol. The molecule has 4 nitrogen and oxygen atoms in total. The van der Waals surface area contributed by atoms with Gasteiger partial charge in [0.25, 0.3) is 0 Å². The molecule has 0 spiro atoms. The first-order valence-electron chi connectivity index (χ1n) is 4.97. The summed E-state index contributed by atoms with van der Waals surface area (Å²) >= 11 is 0. The van der Waals surface area contributed by atoms with E-state index in [1.165, 1.54) is 0 Å². The number of nitrogens with zero attached hydrogens (tertiary/aromatic N) is 2. The van der Waals surface area contributed by atoms with Gasteiger partial charge in [0.15, 0.2) is 0 Å². The van der Waals surface area contributed by atoms with Gasteiger partial charge in [0.1, 0.15) is 11.6 Å². The number of hydrogen-bond acceptors (Lipinski definition) is 4. The maximum Gasteiger partial charge on any atom is 0.149 e. The van der Waals surface area contributed by atoms with Crippen LogP contribution in [0, 0.1) is 0 Å². The van der Waals surface area contributed by atoms with Gasteiger partial charge in [-0.2, -0.15) is 0 Å². The van der Waals surface area contributed by atoms with E-state index in [0.717, 1.165) is 11.3 Å². The number of rotatable bonds is 3. The first-order chi connectivity index (χ1) is 7.81. The molecular weight excluding hydrogens is 202 g/mol. The third kappa shape index (κ3) is 2.17. The summed E-state index contributed by atoms with van der Waals surface area (Å²) in [5.74, 6) is 1.39. The van der Waals surface area contributed by atoms with E-state index in [-0.39, 0.29) is 6.04 Å². The van der Waals surface area contributed by atoms with Gasteiger partial charge in [0, 0.05) is 12.4 Å². The summed E-state index contributed by atoms with van der Waals surface area (Å²) in [6, 6.07) is 9.04. The van der Waals surface area contributed by atoms with Crippen molar-refractivity contribution in [2.75, 3.05) is 7.11 Å². The molecule has 0 amide bonds. The van der Waals surface area contributed by atoms with Gasteiger partial charge in [-0.3, -0.25) is 0 Å². The summed E-state index contributed by atoms with van der Waals surface area (Å²) in [5, 5.41) is 0. The standard InChI is InChI=1S/C12H13N3O/c1-16-10-5-2-4-9(8-10)11(13)12-14-6-3-7-15-12/h2-8,11H,13H2,1H3/t11-/m0/s1. The van der Waals surface area contributed by atoms with Crippen LogP contribution in [0.2, 0.25) is 0 Å². The van der Waals surface area contributed by atoms with Gasteiger partial charge in [0.05, 0.1) is 13.2 Å². The number of benzene rings is 1. The lowest BCUT2D eigenvalue weighted by atomic mass is 10.1. The van der Waals surface area contributed by atoms with Crippen LogP contribution in [-0.2, 0) is 0 Å². The van der Waals surface area contributed by atoms with E-state index in [1.54, 1.807) is 25.6 Å². The number of hydrogen-bond donors (Lipinski definition) is 1. The average Bonchev–Trinajstić information content (AvgIpc) is 2.39. The monoisotopic (exact) mass is 215 g/mol. The topological polar surface area (TPSA) is 61.0 Å². The fourth-order valence-corrected chi connectivity index (χ4v) is 1.46. The van der Waals surface area contributed by atoms with Crippen molar-refractivity contribution in [1.82, 2.24) is 9.97 Å². The number of ether oxygens (including phenoxy) is 1. The smallest absolute Gasteiger partial charge is 0.149 e. The molecule has 0 saturated carbocycles. The van der Waals surface area contributed by atoms with Crippen molar-refractivity contribution < 1.29 is 4.74 Å². The van der Waals surface area contributed by atoms with Gasteiger partial charge in [-0.1, -0.05) is 12.1 Å². The summed E-state index contributed by atoms with van der Waals surface area (Å²) in [6.07, 6.45) is 3.37. The van der Waals surface area contributed by atoms with E-state index in [9.17, 15) is 0 Å². The van der Waals surface area contributed by atoms with Crippen molar-refractivity contribution in [3.05, 3.63) is 54.1 Å². The Morgan fingerprint density at radius 3 is 2.62 bits per heavy atom. The van der Waals surface area contributed by atoms with Crippen LogP contribution in [-0.4, -0.2) is 17.1 Å². The Bertz CT molecular complexity index is 459. The van der Waals surface area contributed by atoms with Gasteiger partial charge in [-0.05, 0) is 23.8 Å². The lowest BCUT2D eigenvalue weighted by Crippen LogP contribution is -2.15. The summed E-state index contributed by atoms with van der Waals surface area (Å²) in [7, 11) is 1.63. The maximum absolute atomic E-state index is 6.06. The SMILES string of the molecule is COc1cccc([C@H](N)c2ncccn2)c1. The first-order valence-corrected chi connectivity index (χ1v) is 4.97. The Labute approximate surface area is 94.1 Å². The molecule has 16 heavy (non-hydrogen) atoms. The molecule has 1 aromatic heterocycles. The van der Waals surface area contributed by atoms with Gasteiger partial charge >= 0.3 is 0 Å². The maximum atomic E-state index is 6.06.